The first kappa shape index (κ1) is 17.9. The molecule has 1 aromatic carbocycles. The molecule has 1 aromatic rings. The number of hydrogen-bond acceptors (Lipinski definition) is 3. The molecule has 0 unspecified atom stereocenters. The first-order valence-corrected chi connectivity index (χ1v) is 9.71. The molecule has 0 bridgehead atoms. The van der Waals surface area contributed by atoms with Crippen molar-refractivity contribution in [1.29, 1.82) is 0 Å². The fraction of sp³-hybridized carbons (Fsp3) is 0.588. The lowest BCUT2D eigenvalue weighted by molar-refractivity contribution is -0.125. The quantitative estimate of drug-likeness (QED) is 0.866. The van der Waals surface area contributed by atoms with Gasteiger partial charge >= 0.3 is 0 Å². The van der Waals surface area contributed by atoms with Crippen LogP contribution in [0.15, 0.2) is 35.2 Å². The zero-order valence-corrected chi connectivity index (χ0v) is 14.7. The molecule has 1 saturated heterocycles. The molecule has 0 aliphatic carbocycles. The van der Waals surface area contributed by atoms with Gasteiger partial charge in [0.15, 0.2) is 0 Å². The molecule has 1 N–H and O–H groups in total. The molecule has 1 aliphatic rings. The molecular formula is C17H26N2O3S. The van der Waals surface area contributed by atoms with Gasteiger partial charge in [0.1, 0.15) is 6.04 Å². The summed E-state index contributed by atoms with van der Waals surface area (Å²) >= 11 is 0. The molecule has 6 heteroatoms. The number of piperidine rings is 1. The van der Waals surface area contributed by atoms with Crippen LogP contribution in [-0.4, -0.2) is 37.8 Å². The predicted molar refractivity (Wildman–Crippen MR) is 90.4 cm³/mol. The van der Waals surface area contributed by atoms with Crippen molar-refractivity contribution in [3.8, 4) is 0 Å². The van der Waals surface area contributed by atoms with Crippen molar-refractivity contribution >= 4 is 15.9 Å². The van der Waals surface area contributed by atoms with Crippen molar-refractivity contribution < 1.29 is 13.2 Å². The molecule has 1 amide bonds. The lowest BCUT2D eigenvalue weighted by atomic mass is 10.0. The summed E-state index contributed by atoms with van der Waals surface area (Å²) in [4.78, 5) is 12.7. The largest absolute Gasteiger partial charge is 0.355 e. The number of hydrogen-bond donors (Lipinski definition) is 1. The van der Waals surface area contributed by atoms with E-state index in [2.05, 4.69) is 19.2 Å². The van der Waals surface area contributed by atoms with Crippen molar-refractivity contribution in [2.24, 2.45) is 5.92 Å². The van der Waals surface area contributed by atoms with Gasteiger partial charge in [-0.3, -0.25) is 4.79 Å². The number of carbonyl (C=O) groups excluding carboxylic acids is 1. The Labute approximate surface area is 139 Å². The Morgan fingerprint density at radius 2 is 1.96 bits per heavy atom. The number of rotatable bonds is 6. The first-order chi connectivity index (χ1) is 10.9. The second-order valence-corrected chi connectivity index (χ2v) is 8.30. The summed E-state index contributed by atoms with van der Waals surface area (Å²) in [5.74, 6) is 0.329. The van der Waals surface area contributed by atoms with Gasteiger partial charge in [-0.2, -0.15) is 4.31 Å². The van der Waals surface area contributed by atoms with Crippen molar-refractivity contribution in [3.63, 3.8) is 0 Å². The SMILES string of the molecule is CC(C)CCNC(=O)[C@@H]1CCCCN1S(=O)(=O)c1ccccc1. The fourth-order valence-electron chi connectivity index (χ4n) is 2.78. The van der Waals surface area contributed by atoms with Crippen LogP contribution in [0, 0.1) is 5.92 Å². The van der Waals surface area contributed by atoms with Gasteiger partial charge < -0.3 is 5.32 Å². The molecule has 1 aliphatic heterocycles. The lowest BCUT2D eigenvalue weighted by Crippen LogP contribution is -2.51. The summed E-state index contributed by atoms with van der Waals surface area (Å²) in [7, 11) is -3.63. The van der Waals surface area contributed by atoms with Gasteiger partial charge in [-0.25, -0.2) is 8.42 Å². The molecule has 0 spiro atoms. The van der Waals surface area contributed by atoms with Gasteiger partial charge in [0.2, 0.25) is 15.9 Å². The number of amides is 1. The van der Waals surface area contributed by atoms with E-state index in [1.54, 1.807) is 30.3 Å². The van der Waals surface area contributed by atoms with Gasteiger partial charge in [0.25, 0.3) is 0 Å². The number of nitrogens with zero attached hydrogens (tertiary/aromatic N) is 1. The maximum absolute atomic E-state index is 12.8. The van der Waals surface area contributed by atoms with Crippen LogP contribution in [0.3, 0.4) is 0 Å². The van der Waals surface area contributed by atoms with E-state index in [1.807, 2.05) is 0 Å². The molecule has 0 saturated carbocycles. The topological polar surface area (TPSA) is 66.5 Å². The molecular weight excluding hydrogens is 312 g/mol. The standard InChI is InChI=1S/C17H26N2O3S/c1-14(2)11-12-18-17(20)16-10-6-7-13-19(16)23(21,22)15-8-4-3-5-9-15/h3-5,8-9,14,16H,6-7,10-13H2,1-2H3,(H,18,20)/t16-/m0/s1. The smallest absolute Gasteiger partial charge is 0.243 e. The Morgan fingerprint density at radius 3 is 2.61 bits per heavy atom. The van der Waals surface area contributed by atoms with E-state index in [0.29, 0.717) is 25.4 Å². The van der Waals surface area contributed by atoms with E-state index in [0.717, 1.165) is 19.3 Å². The van der Waals surface area contributed by atoms with Gasteiger partial charge in [-0.15, -0.1) is 0 Å². The zero-order chi connectivity index (χ0) is 16.9. The highest BCUT2D eigenvalue weighted by Gasteiger charge is 2.37. The number of benzene rings is 1. The van der Waals surface area contributed by atoms with Crippen molar-refractivity contribution in [1.82, 2.24) is 9.62 Å². The van der Waals surface area contributed by atoms with Crippen LogP contribution >= 0.6 is 0 Å². The summed E-state index contributed by atoms with van der Waals surface area (Å²) in [5, 5.41) is 2.89. The maximum atomic E-state index is 12.8. The molecule has 0 radical (unpaired) electrons. The lowest BCUT2D eigenvalue weighted by Gasteiger charge is -2.33. The minimum absolute atomic E-state index is 0.176. The van der Waals surface area contributed by atoms with E-state index < -0.39 is 16.1 Å². The molecule has 5 nitrogen and oxygen atoms in total. The highest BCUT2D eigenvalue weighted by molar-refractivity contribution is 7.89. The van der Waals surface area contributed by atoms with Crippen LogP contribution in [-0.2, 0) is 14.8 Å². The monoisotopic (exact) mass is 338 g/mol. The summed E-state index contributed by atoms with van der Waals surface area (Å²) in [5.41, 5.74) is 0. The Morgan fingerprint density at radius 1 is 1.26 bits per heavy atom. The number of nitrogens with one attached hydrogen (secondary N) is 1. The Bertz CT molecular complexity index is 614. The fourth-order valence-corrected chi connectivity index (χ4v) is 4.46. The predicted octanol–water partition coefficient (Wildman–Crippen LogP) is 2.39. The van der Waals surface area contributed by atoms with Gasteiger partial charge in [0.05, 0.1) is 4.90 Å². The second kappa shape index (κ2) is 7.93. The summed E-state index contributed by atoms with van der Waals surface area (Å²) in [6.07, 6.45) is 3.15. The molecule has 1 atom stereocenters. The van der Waals surface area contributed by atoms with E-state index >= 15 is 0 Å². The van der Waals surface area contributed by atoms with Crippen LogP contribution in [0.25, 0.3) is 0 Å². The van der Waals surface area contributed by atoms with Crippen LogP contribution < -0.4 is 5.32 Å². The zero-order valence-electron chi connectivity index (χ0n) is 13.9. The minimum atomic E-state index is -3.63. The first-order valence-electron chi connectivity index (χ1n) is 8.27. The third kappa shape index (κ3) is 4.54. The van der Waals surface area contributed by atoms with Crippen LogP contribution in [0.2, 0.25) is 0 Å². The summed E-state index contributed by atoms with van der Waals surface area (Å²) < 4.78 is 27.0. The van der Waals surface area contributed by atoms with Gasteiger partial charge in [-0.1, -0.05) is 38.5 Å². The molecule has 1 heterocycles. The number of carbonyl (C=O) groups is 1. The minimum Gasteiger partial charge on any atom is -0.355 e. The van der Waals surface area contributed by atoms with Crippen LogP contribution in [0.4, 0.5) is 0 Å². The molecule has 1 fully saturated rings. The Kier molecular flexibility index (Phi) is 6.18. The van der Waals surface area contributed by atoms with E-state index in [-0.39, 0.29) is 10.8 Å². The Balaban J connectivity index is 2.13. The molecule has 128 valence electrons. The van der Waals surface area contributed by atoms with Gasteiger partial charge in [-0.05, 0) is 37.3 Å². The highest BCUT2D eigenvalue weighted by atomic mass is 32.2. The maximum Gasteiger partial charge on any atom is 0.243 e. The average molecular weight is 338 g/mol. The van der Waals surface area contributed by atoms with E-state index in [9.17, 15) is 13.2 Å². The summed E-state index contributed by atoms with van der Waals surface area (Å²) in [6.45, 7) is 5.18. The van der Waals surface area contributed by atoms with Crippen LogP contribution in [0.1, 0.15) is 39.5 Å². The molecule has 2 rings (SSSR count). The van der Waals surface area contributed by atoms with Crippen molar-refractivity contribution in [3.05, 3.63) is 30.3 Å². The molecule has 0 aromatic heterocycles. The second-order valence-electron chi connectivity index (χ2n) is 6.41. The molecule has 23 heavy (non-hydrogen) atoms. The van der Waals surface area contributed by atoms with E-state index in [4.69, 9.17) is 0 Å². The van der Waals surface area contributed by atoms with Crippen molar-refractivity contribution in [2.45, 2.75) is 50.5 Å². The van der Waals surface area contributed by atoms with Gasteiger partial charge in [0, 0.05) is 13.1 Å². The van der Waals surface area contributed by atoms with E-state index in [1.165, 1.54) is 4.31 Å². The van der Waals surface area contributed by atoms with Crippen LogP contribution in [0.5, 0.6) is 0 Å². The third-order valence-electron chi connectivity index (χ3n) is 4.13. The highest BCUT2D eigenvalue weighted by Crippen LogP contribution is 2.25. The summed E-state index contributed by atoms with van der Waals surface area (Å²) in [6, 6.07) is 7.75. The number of sulfonamides is 1. The normalized spacial score (nSPS) is 19.7. The van der Waals surface area contributed by atoms with Crippen molar-refractivity contribution in [2.75, 3.05) is 13.1 Å². The average Bonchev–Trinajstić information content (AvgIpc) is 2.55. The third-order valence-corrected chi connectivity index (χ3v) is 6.05. The Hall–Kier alpha value is -1.40.